The summed E-state index contributed by atoms with van der Waals surface area (Å²) in [5, 5.41) is 48.9. The van der Waals surface area contributed by atoms with E-state index in [1.165, 1.54) is 67.0 Å². The average molecular weight is 503 g/mol. The van der Waals surface area contributed by atoms with E-state index in [1.54, 1.807) is 18.2 Å². The SMILES string of the molecule is O=[N+]([O-])c1ccccc1C=NN=C(NN=Cc1ccccc1[N+](=O)[O-])NN=Cc1ccccc1[N+](=O)[O-]. The molecule has 0 heterocycles. The molecule has 0 unspecified atom stereocenters. The van der Waals surface area contributed by atoms with Crippen LogP contribution in [-0.2, 0) is 0 Å². The van der Waals surface area contributed by atoms with Crippen molar-refractivity contribution >= 4 is 41.7 Å². The quantitative estimate of drug-likeness (QED) is 0.191. The average Bonchev–Trinajstić information content (AvgIpc) is 2.89. The lowest BCUT2D eigenvalue weighted by atomic mass is 10.2. The molecule has 15 heteroatoms. The highest BCUT2D eigenvalue weighted by Crippen LogP contribution is 2.17. The number of rotatable bonds is 9. The van der Waals surface area contributed by atoms with E-state index in [0.29, 0.717) is 0 Å². The smallest absolute Gasteiger partial charge is 0.258 e. The first-order valence-corrected chi connectivity index (χ1v) is 10.3. The molecular formula is C22H17N9O6. The van der Waals surface area contributed by atoms with Crippen molar-refractivity contribution in [2.45, 2.75) is 0 Å². The molecule has 0 spiro atoms. The van der Waals surface area contributed by atoms with Crippen LogP contribution in [0.25, 0.3) is 0 Å². The van der Waals surface area contributed by atoms with Crippen LogP contribution < -0.4 is 10.9 Å². The van der Waals surface area contributed by atoms with Crippen LogP contribution >= 0.6 is 0 Å². The monoisotopic (exact) mass is 503 g/mol. The van der Waals surface area contributed by atoms with Crippen LogP contribution in [0.15, 0.2) is 93.2 Å². The number of benzene rings is 3. The number of guanidine groups is 1. The Balaban J connectivity index is 1.85. The van der Waals surface area contributed by atoms with Gasteiger partial charge in [-0.25, -0.2) is 10.9 Å². The predicted octanol–water partition coefficient (Wildman–Crippen LogP) is 3.35. The Morgan fingerprint density at radius 1 is 0.595 bits per heavy atom. The molecule has 3 aromatic carbocycles. The molecule has 15 nitrogen and oxygen atoms in total. The molecular weight excluding hydrogens is 486 g/mol. The number of hydrogen-bond donors (Lipinski definition) is 2. The Morgan fingerprint density at radius 3 is 1.32 bits per heavy atom. The number of para-hydroxylation sites is 3. The van der Waals surface area contributed by atoms with Gasteiger partial charge >= 0.3 is 0 Å². The van der Waals surface area contributed by atoms with Crippen LogP contribution in [0.1, 0.15) is 16.7 Å². The Labute approximate surface area is 208 Å². The number of nitro benzene ring substituents is 3. The molecule has 0 atom stereocenters. The molecule has 37 heavy (non-hydrogen) atoms. The summed E-state index contributed by atoms with van der Waals surface area (Å²) in [5.74, 6) is -0.195. The van der Waals surface area contributed by atoms with Gasteiger partial charge in [0.05, 0.1) is 50.1 Å². The highest BCUT2D eigenvalue weighted by Gasteiger charge is 2.12. The van der Waals surface area contributed by atoms with Gasteiger partial charge in [-0.3, -0.25) is 30.3 Å². The lowest BCUT2D eigenvalue weighted by Crippen LogP contribution is -2.30. The number of nitrogens with zero attached hydrogens (tertiary/aromatic N) is 7. The Hall–Kier alpha value is -5.86. The second-order valence-electron chi connectivity index (χ2n) is 6.88. The zero-order chi connectivity index (χ0) is 26.6. The summed E-state index contributed by atoms with van der Waals surface area (Å²) < 4.78 is 0. The zero-order valence-electron chi connectivity index (χ0n) is 18.7. The number of nitro groups is 3. The molecule has 2 N–H and O–H groups in total. The molecule has 0 amide bonds. The summed E-state index contributed by atoms with van der Waals surface area (Å²) in [6, 6.07) is 17.6. The van der Waals surface area contributed by atoms with Gasteiger partial charge in [0.1, 0.15) is 0 Å². The van der Waals surface area contributed by atoms with Crippen LogP contribution in [0.5, 0.6) is 0 Å². The van der Waals surface area contributed by atoms with Gasteiger partial charge in [-0.05, 0) is 18.2 Å². The van der Waals surface area contributed by atoms with Gasteiger partial charge in [-0.1, -0.05) is 36.4 Å². The first-order chi connectivity index (χ1) is 17.9. The second-order valence-corrected chi connectivity index (χ2v) is 6.88. The summed E-state index contributed by atoms with van der Waals surface area (Å²) in [4.78, 5) is 31.8. The predicted molar refractivity (Wildman–Crippen MR) is 136 cm³/mol. The molecule has 0 aliphatic heterocycles. The summed E-state index contributed by atoms with van der Waals surface area (Å²) >= 11 is 0. The Kier molecular flexibility index (Phi) is 8.74. The third-order valence-corrected chi connectivity index (χ3v) is 4.50. The van der Waals surface area contributed by atoms with Crippen molar-refractivity contribution in [3.05, 3.63) is 120 Å². The molecule has 186 valence electrons. The number of nitrogens with one attached hydrogen (secondary N) is 2. The van der Waals surface area contributed by atoms with Crippen molar-refractivity contribution in [2.24, 2.45) is 20.4 Å². The second kappa shape index (κ2) is 12.6. The topological polar surface area (TPSA) is 203 Å². The van der Waals surface area contributed by atoms with E-state index in [0.717, 1.165) is 6.21 Å². The molecule has 0 aromatic heterocycles. The minimum absolute atomic E-state index is 0.177. The highest BCUT2D eigenvalue weighted by atomic mass is 16.6. The molecule has 0 bridgehead atoms. The van der Waals surface area contributed by atoms with Crippen molar-refractivity contribution in [2.75, 3.05) is 0 Å². The Morgan fingerprint density at radius 2 is 0.946 bits per heavy atom. The van der Waals surface area contributed by atoms with E-state index in [-0.39, 0.29) is 39.7 Å². The van der Waals surface area contributed by atoms with Crippen LogP contribution in [-0.4, -0.2) is 39.4 Å². The van der Waals surface area contributed by atoms with E-state index in [2.05, 4.69) is 31.3 Å². The number of hydrazone groups is 2. The maximum Gasteiger partial charge on any atom is 0.278 e. The van der Waals surface area contributed by atoms with Crippen molar-refractivity contribution < 1.29 is 14.8 Å². The molecule has 0 aliphatic rings. The molecule has 3 rings (SSSR count). The fourth-order valence-corrected chi connectivity index (χ4v) is 2.83. The summed E-state index contributed by atoms with van der Waals surface area (Å²) in [6.45, 7) is 0. The van der Waals surface area contributed by atoms with E-state index in [1.807, 2.05) is 0 Å². The van der Waals surface area contributed by atoms with Crippen molar-refractivity contribution in [1.29, 1.82) is 0 Å². The van der Waals surface area contributed by atoms with Crippen LogP contribution in [0.3, 0.4) is 0 Å². The van der Waals surface area contributed by atoms with E-state index < -0.39 is 14.8 Å². The van der Waals surface area contributed by atoms with Crippen LogP contribution in [0.2, 0.25) is 0 Å². The van der Waals surface area contributed by atoms with Crippen LogP contribution in [0.4, 0.5) is 17.1 Å². The summed E-state index contributed by atoms with van der Waals surface area (Å²) in [6.07, 6.45) is 3.48. The lowest BCUT2D eigenvalue weighted by molar-refractivity contribution is -0.385. The molecule has 3 aromatic rings. The van der Waals surface area contributed by atoms with Gasteiger partial charge in [0.2, 0.25) is 0 Å². The molecule has 0 fully saturated rings. The third-order valence-electron chi connectivity index (χ3n) is 4.50. The van der Waals surface area contributed by atoms with Crippen molar-refractivity contribution in [3.63, 3.8) is 0 Å². The normalized spacial score (nSPS) is 11.0. The van der Waals surface area contributed by atoms with E-state index >= 15 is 0 Å². The van der Waals surface area contributed by atoms with Gasteiger partial charge in [-0.2, -0.15) is 15.3 Å². The van der Waals surface area contributed by atoms with Crippen LogP contribution in [0, 0.1) is 30.3 Å². The minimum Gasteiger partial charge on any atom is -0.258 e. The zero-order valence-corrected chi connectivity index (χ0v) is 18.7. The van der Waals surface area contributed by atoms with Gasteiger partial charge in [0.25, 0.3) is 23.0 Å². The number of hydrogen-bond acceptors (Lipinski definition) is 10. The summed E-state index contributed by atoms with van der Waals surface area (Å²) in [5.41, 5.74) is 4.99. The molecule has 0 radical (unpaired) electrons. The molecule has 0 saturated carbocycles. The van der Waals surface area contributed by atoms with Gasteiger partial charge in [0, 0.05) is 18.2 Å². The van der Waals surface area contributed by atoms with Gasteiger partial charge in [-0.15, -0.1) is 5.10 Å². The van der Waals surface area contributed by atoms with Crippen molar-refractivity contribution in [3.8, 4) is 0 Å². The maximum atomic E-state index is 11.2. The summed E-state index contributed by atoms with van der Waals surface area (Å²) in [7, 11) is 0. The third kappa shape index (κ3) is 7.31. The van der Waals surface area contributed by atoms with E-state index in [4.69, 9.17) is 0 Å². The first-order valence-electron chi connectivity index (χ1n) is 10.3. The van der Waals surface area contributed by atoms with Gasteiger partial charge < -0.3 is 0 Å². The molecule has 0 aliphatic carbocycles. The molecule has 0 saturated heterocycles. The lowest BCUT2D eigenvalue weighted by Gasteiger charge is -2.03. The van der Waals surface area contributed by atoms with E-state index in [9.17, 15) is 30.3 Å². The standard InChI is InChI=1S/C22H17N9O6/c32-29(33)19-10-4-1-7-16(19)13-23-26-22(27-24-14-17-8-2-5-11-20(17)30(34)35)28-25-15-18-9-3-6-12-21(18)31(36)37/h1-15H,(H2,26,27,28). The minimum atomic E-state index is -0.573. The fourth-order valence-electron chi connectivity index (χ4n) is 2.83. The van der Waals surface area contributed by atoms with Gasteiger partial charge in [0.15, 0.2) is 0 Å². The fraction of sp³-hybridized carbons (Fsp3) is 0. The largest absolute Gasteiger partial charge is 0.278 e. The maximum absolute atomic E-state index is 11.2. The first kappa shape index (κ1) is 25.8. The van der Waals surface area contributed by atoms with Crippen molar-refractivity contribution in [1.82, 2.24) is 10.9 Å². The highest BCUT2D eigenvalue weighted by molar-refractivity contribution is 5.90. The Bertz CT molecular complexity index is 1360.